The molecular formula is C62H114O6. The highest BCUT2D eigenvalue weighted by atomic mass is 16.6. The van der Waals surface area contributed by atoms with Crippen molar-refractivity contribution in [3.05, 3.63) is 36.5 Å². The predicted molar refractivity (Wildman–Crippen MR) is 293 cm³/mol. The van der Waals surface area contributed by atoms with Gasteiger partial charge in [-0.1, -0.05) is 276 Å². The molecule has 0 radical (unpaired) electrons. The maximum absolute atomic E-state index is 12.8. The van der Waals surface area contributed by atoms with Crippen LogP contribution < -0.4 is 0 Å². The van der Waals surface area contributed by atoms with Gasteiger partial charge in [-0.05, 0) is 64.2 Å². The van der Waals surface area contributed by atoms with Crippen LogP contribution >= 0.6 is 0 Å². The maximum Gasteiger partial charge on any atom is 0.306 e. The molecule has 0 aromatic carbocycles. The van der Waals surface area contributed by atoms with E-state index in [0.29, 0.717) is 19.3 Å². The molecule has 0 bridgehead atoms. The van der Waals surface area contributed by atoms with Crippen molar-refractivity contribution in [1.82, 2.24) is 0 Å². The van der Waals surface area contributed by atoms with Crippen molar-refractivity contribution in [3.63, 3.8) is 0 Å². The van der Waals surface area contributed by atoms with E-state index < -0.39 is 6.10 Å². The molecule has 0 aliphatic heterocycles. The highest BCUT2D eigenvalue weighted by molar-refractivity contribution is 5.71. The van der Waals surface area contributed by atoms with Crippen LogP contribution in [-0.4, -0.2) is 37.2 Å². The van der Waals surface area contributed by atoms with Crippen molar-refractivity contribution in [2.75, 3.05) is 13.2 Å². The lowest BCUT2D eigenvalue weighted by Gasteiger charge is -2.18. The molecule has 0 rings (SSSR count). The Hall–Kier alpha value is -2.37. The summed E-state index contributed by atoms with van der Waals surface area (Å²) in [6.07, 6.45) is 68.8. The van der Waals surface area contributed by atoms with Crippen LogP contribution in [0.1, 0.15) is 323 Å². The topological polar surface area (TPSA) is 78.9 Å². The van der Waals surface area contributed by atoms with Crippen LogP contribution in [0, 0.1) is 0 Å². The number of hydrogen-bond acceptors (Lipinski definition) is 6. The molecule has 398 valence electrons. The van der Waals surface area contributed by atoms with Crippen molar-refractivity contribution >= 4 is 17.9 Å². The molecule has 0 aromatic rings. The summed E-state index contributed by atoms with van der Waals surface area (Å²) in [4.78, 5) is 38.0. The van der Waals surface area contributed by atoms with Gasteiger partial charge in [0.25, 0.3) is 0 Å². The lowest BCUT2D eigenvalue weighted by Crippen LogP contribution is -2.30. The fraction of sp³-hybridized carbons (Fsp3) is 0.855. The van der Waals surface area contributed by atoms with Crippen LogP contribution in [0.5, 0.6) is 0 Å². The van der Waals surface area contributed by atoms with E-state index in [-0.39, 0.29) is 31.1 Å². The van der Waals surface area contributed by atoms with Crippen molar-refractivity contribution in [2.24, 2.45) is 0 Å². The molecule has 0 amide bonds. The van der Waals surface area contributed by atoms with Gasteiger partial charge in [0.1, 0.15) is 13.2 Å². The van der Waals surface area contributed by atoms with Crippen molar-refractivity contribution in [1.29, 1.82) is 0 Å². The van der Waals surface area contributed by atoms with Gasteiger partial charge in [0.15, 0.2) is 6.10 Å². The molecule has 0 aromatic heterocycles. The molecule has 0 aliphatic rings. The molecule has 0 saturated heterocycles. The summed E-state index contributed by atoms with van der Waals surface area (Å²) in [6, 6.07) is 0. The SMILES string of the molecule is CCC/C=C\CCCCCCCC(=O)OCC(COC(=O)CCCCCCCCCCCCCCCCCCCCCCCCCCCC)OC(=O)CCCCCCC/C=C\C/C=C\CCCC. The van der Waals surface area contributed by atoms with E-state index >= 15 is 0 Å². The molecule has 0 spiro atoms. The molecule has 6 nitrogen and oxygen atoms in total. The van der Waals surface area contributed by atoms with E-state index in [1.807, 2.05) is 0 Å². The van der Waals surface area contributed by atoms with Crippen LogP contribution in [0.15, 0.2) is 36.5 Å². The number of esters is 3. The zero-order valence-electron chi connectivity index (χ0n) is 45.6. The molecular weight excluding hydrogens is 841 g/mol. The number of carbonyl (C=O) groups is 3. The smallest absolute Gasteiger partial charge is 0.306 e. The lowest BCUT2D eigenvalue weighted by molar-refractivity contribution is -0.167. The number of allylic oxidation sites excluding steroid dienone is 6. The number of ether oxygens (including phenoxy) is 3. The maximum atomic E-state index is 12.8. The van der Waals surface area contributed by atoms with Gasteiger partial charge >= 0.3 is 17.9 Å². The average Bonchev–Trinajstić information content (AvgIpc) is 3.34. The van der Waals surface area contributed by atoms with Gasteiger partial charge in [-0.2, -0.15) is 0 Å². The summed E-state index contributed by atoms with van der Waals surface area (Å²) >= 11 is 0. The zero-order chi connectivity index (χ0) is 49.3. The Kier molecular flexibility index (Phi) is 55.2. The first-order chi connectivity index (χ1) is 33.5. The van der Waals surface area contributed by atoms with Crippen LogP contribution in [-0.2, 0) is 28.6 Å². The first-order valence-electron chi connectivity index (χ1n) is 30.0. The summed E-state index contributed by atoms with van der Waals surface area (Å²) in [5.74, 6) is -0.887. The Labute approximate surface area is 423 Å². The fourth-order valence-corrected chi connectivity index (χ4v) is 8.82. The average molecular weight is 956 g/mol. The molecule has 0 N–H and O–H groups in total. The third-order valence-electron chi connectivity index (χ3n) is 13.3. The van der Waals surface area contributed by atoms with Gasteiger partial charge in [-0.3, -0.25) is 14.4 Å². The van der Waals surface area contributed by atoms with Crippen LogP contribution in [0.2, 0.25) is 0 Å². The van der Waals surface area contributed by atoms with E-state index in [9.17, 15) is 14.4 Å². The quantitative estimate of drug-likeness (QED) is 0.0262. The van der Waals surface area contributed by atoms with Crippen molar-refractivity contribution in [2.45, 2.75) is 329 Å². The minimum absolute atomic E-state index is 0.0773. The van der Waals surface area contributed by atoms with Crippen molar-refractivity contribution < 1.29 is 28.6 Å². The second kappa shape index (κ2) is 57.2. The second-order valence-electron chi connectivity index (χ2n) is 20.3. The summed E-state index contributed by atoms with van der Waals surface area (Å²) < 4.78 is 16.8. The Morgan fingerprint density at radius 3 is 0.926 bits per heavy atom. The van der Waals surface area contributed by atoms with Gasteiger partial charge in [0.05, 0.1) is 0 Å². The highest BCUT2D eigenvalue weighted by Crippen LogP contribution is 2.17. The first kappa shape index (κ1) is 65.6. The zero-order valence-corrected chi connectivity index (χ0v) is 45.6. The molecule has 6 heteroatoms. The van der Waals surface area contributed by atoms with E-state index in [1.165, 1.54) is 186 Å². The predicted octanol–water partition coefficient (Wildman–Crippen LogP) is 20.0. The van der Waals surface area contributed by atoms with Crippen LogP contribution in [0.25, 0.3) is 0 Å². The molecule has 0 fully saturated rings. The molecule has 1 unspecified atom stereocenters. The van der Waals surface area contributed by atoms with Gasteiger partial charge in [0, 0.05) is 19.3 Å². The Bertz CT molecular complexity index is 1140. The Balaban J connectivity index is 4.14. The number of hydrogen-bond donors (Lipinski definition) is 0. The molecule has 0 heterocycles. The number of rotatable bonds is 55. The molecule has 1 atom stereocenters. The van der Waals surface area contributed by atoms with Gasteiger partial charge in [0.2, 0.25) is 0 Å². The Morgan fingerprint density at radius 1 is 0.294 bits per heavy atom. The normalized spacial score (nSPS) is 12.2. The summed E-state index contributed by atoms with van der Waals surface area (Å²) in [5, 5.41) is 0. The van der Waals surface area contributed by atoms with Crippen LogP contribution in [0.4, 0.5) is 0 Å². The van der Waals surface area contributed by atoms with Gasteiger partial charge < -0.3 is 14.2 Å². The molecule has 68 heavy (non-hydrogen) atoms. The highest BCUT2D eigenvalue weighted by Gasteiger charge is 2.19. The summed E-state index contributed by atoms with van der Waals surface area (Å²) in [7, 11) is 0. The third-order valence-corrected chi connectivity index (χ3v) is 13.3. The fourth-order valence-electron chi connectivity index (χ4n) is 8.82. The van der Waals surface area contributed by atoms with E-state index in [4.69, 9.17) is 14.2 Å². The van der Waals surface area contributed by atoms with Gasteiger partial charge in [-0.15, -0.1) is 0 Å². The lowest BCUT2D eigenvalue weighted by atomic mass is 10.0. The molecule has 0 saturated carbocycles. The van der Waals surface area contributed by atoms with Gasteiger partial charge in [-0.25, -0.2) is 0 Å². The number of unbranched alkanes of at least 4 members (excludes halogenated alkanes) is 38. The standard InChI is InChI=1S/C62H114O6/c1-4-7-10-13-16-19-22-24-26-27-28-29-30-31-32-33-34-35-36-37-39-40-43-46-49-52-55-61(64)67-58-59(57-66-60(63)54-51-48-45-42-21-18-15-12-9-6-3)68-62(65)56-53-50-47-44-41-38-25-23-20-17-14-11-8-5-2/h12,14-15,17,23,25,59H,4-11,13,16,18-22,24,26-58H2,1-3H3/b15-12-,17-14-,25-23-. The summed E-state index contributed by atoms with van der Waals surface area (Å²) in [5.41, 5.74) is 0. The number of carbonyl (C=O) groups excluding carboxylic acids is 3. The van der Waals surface area contributed by atoms with E-state index in [2.05, 4.69) is 57.2 Å². The third kappa shape index (κ3) is 54.6. The minimum Gasteiger partial charge on any atom is -0.462 e. The second-order valence-corrected chi connectivity index (χ2v) is 20.3. The molecule has 0 aliphatic carbocycles. The Morgan fingerprint density at radius 2 is 0.574 bits per heavy atom. The summed E-state index contributed by atoms with van der Waals surface area (Å²) in [6.45, 7) is 6.56. The first-order valence-corrected chi connectivity index (χ1v) is 30.0. The largest absolute Gasteiger partial charge is 0.462 e. The monoisotopic (exact) mass is 955 g/mol. The van der Waals surface area contributed by atoms with E-state index in [1.54, 1.807) is 0 Å². The van der Waals surface area contributed by atoms with Crippen LogP contribution in [0.3, 0.4) is 0 Å². The minimum atomic E-state index is -0.779. The van der Waals surface area contributed by atoms with E-state index in [0.717, 1.165) is 96.3 Å². The van der Waals surface area contributed by atoms with Crippen molar-refractivity contribution in [3.8, 4) is 0 Å².